The maximum Gasteiger partial charge on any atom is 3.00 e. The second-order valence-corrected chi connectivity index (χ2v) is 39.9. The molecule has 8 nitrogen and oxygen atoms in total. The molecule has 2 saturated heterocycles. The minimum Gasteiger partial charge on any atom is -0.872 e. The van der Waals surface area contributed by atoms with Gasteiger partial charge in [0.1, 0.15) is 0 Å². The van der Waals surface area contributed by atoms with Crippen molar-refractivity contribution < 1.29 is 115 Å². The summed E-state index contributed by atoms with van der Waals surface area (Å²) in [6, 6.07) is 34.2. The molecule has 2 aliphatic rings. The van der Waals surface area contributed by atoms with Crippen molar-refractivity contribution in [2.24, 2.45) is 0 Å². The summed E-state index contributed by atoms with van der Waals surface area (Å²) in [5, 5.41) is 70.5. The zero-order valence-corrected chi connectivity index (χ0v) is 74.6. The van der Waals surface area contributed by atoms with Crippen molar-refractivity contribution in [3.63, 3.8) is 0 Å². The third-order valence-electron chi connectivity index (χ3n) is 17.6. The maximum absolute atomic E-state index is 11.7. The molecule has 0 bridgehead atoms. The van der Waals surface area contributed by atoms with Gasteiger partial charge in [0.05, 0.1) is 0 Å². The van der Waals surface area contributed by atoms with Crippen LogP contribution in [0, 0.1) is 74.6 Å². The van der Waals surface area contributed by atoms with Gasteiger partial charge in [0, 0.05) is 26.4 Å². The number of rotatable bonds is 0. The molecule has 2 fully saturated rings. The van der Waals surface area contributed by atoms with E-state index in [2.05, 4.69) is 286 Å². The van der Waals surface area contributed by atoms with Crippen LogP contribution in [0.5, 0.6) is 34.5 Å². The van der Waals surface area contributed by atoms with E-state index in [-0.39, 0.29) is 174 Å². The first-order valence-corrected chi connectivity index (χ1v) is 36.8. The molecular weight excluding hydrogens is 1570 g/mol. The number of benzene rings is 6. The standard InChI is InChI=1S/6C14H22O.2C4H8O.2Er/c6*1-13(2,3)10-7-8-12(15)11(9-10)14(4,5)6;2*1-2-4-5-3-1;;/h6*7-9,15H,1-6H3;2*1-4H2;;/q;;;;;;;;2*+3/p-6. The summed E-state index contributed by atoms with van der Waals surface area (Å²) in [5.74, 6) is 0.892. The molecule has 2 aliphatic heterocycles. The van der Waals surface area contributed by atoms with E-state index in [0.29, 0.717) is 0 Å². The van der Waals surface area contributed by atoms with E-state index >= 15 is 0 Å². The van der Waals surface area contributed by atoms with Crippen LogP contribution >= 0.6 is 0 Å². The Balaban J connectivity index is 0. The summed E-state index contributed by atoms with van der Waals surface area (Å²) >= 11 is 0. The van der Waals surface area contributed by atoms with Crippen molar-refractivity contribution in [3.8, 4) is 34.5 Å². The molecule has 8 rings (SSSR count). The minimum atomic E-state index is -0.0711. The summed E-state index contributed by atoms with van der Waals surface area (Å²) in [7, 11) is 0. The molecule has 0 saturated carbocycles. The van der Waals surface area contributed by atoms with Gasteiger partial charge >= 0.3 is 74.6 Å². The molecule has 2 heterocycles. The van der Waals surface area contributed by atoms with Crippen LogP contribution in [0.25, 0.3) is 0 Å². The van der Waals surface area contributed by atoms with E-state index in [9.17, 15) is 30.6 Å². The quantitative estimate of drug-likeness (QED) is 0.145. The Kier molecular flexibility index (Phi) is 39.6. The number of hydrogen-bond acceptors (Lipinski definition) is 8. The zero-order valence-electron chi connectivity index (χ0n) is 70.9. The van der Waals surface area contributed by atoms with Crippen LogP contribution < -0.4 is 30.6 Å². The summed E-state index contributed by atoms with van der Waals surface area (Å²) in [6.07, 6.45) is 5.11. The van der Waals surface area contributed by atoms with Crippen LogP contribution in [-0.4, -0.2) is 26.4 Å². The molecule has 0 atom stereocenters. The number of ether oxygens (including phenoxy) is 2. The SMILES string of the molecule is C1CCOC1.C1CCOC1.CC(C)(C)c1ccc([O-])c(C(C)(C)C)c1.CC(C)(C)c1ccc([O-])c(C(C)(C)C)c1.CC(C)(C)c1ccc([O-])c(C(C)(C)C)c1.CC(C)(C)c1ccc([O-])c(C(C)(C)C)c1.CC(C)(C)c1ccc([O-])c(C(C)(C)C)c1.CC(C)(C)c1ccc([O-])c(C(C)(C)C)c1.[Er+3].[Er+3]. The van der Waals surface area contributed by atoms with E-state index in [1.165, 1.54) is 59.1 Å². The molecule has 0 unspecified atom stereocenters. The topological polar surface area (TPSA) is 157 Å². The van der Waals surface area contributed by atoms with Gasteiger partial charge in [0.15, 0.2) is 0 Å². The first-order valence-electron chi connectivity index (χ1n) is 36.8. The Labute approximate surface area is 685 Å². The smallest absolute Gasteiger partial charge is 0.872 e. The summed E-state index contributed by atoms with van der Waals surface area (Å²) in [4.78, 5) is 0. The largest absolute Gasteiger partial charge is 3.00 e. The van der Waals surface area contributed by atoms with Gasteiger partial charge in [-0.05, 0) is 124 Å². The summed E-state index contributed by atoms with van der Waals surface area (Å²) in [6.45, 7) is 80.4. The monoisotopic (exact) mass is 1710 g/mol. The van der Waals surface area contributed by atoms with E-state index in [0.717, 1.165) is 59.8 Å². The second kappa shape index (κ2) is 40.1. The van der Waals surface area contributed by atoms with Gasteiger partial charge in [-0.2, -0.15) is 0 Å². The summed E-state index contributed by atoms with van der Waals surface area (Å²) in [5.41, 5.74) is 13.0. The first kappa shape index (κ1) is 101. The van der Waals surface area contributed by atoms with Crippen LogP contribution in [0.1, 0.15) is 342 Å². The van der Waals surface area contributed by atoms with Gasteiger partial charge in [-0.3, -0.25) is 0 Å². The molecule has 102 heavy (non-hydrogen) atoms. The predicted octanol–water partition coefficient (Wildman–Crippen LogP) is 21.7. The van der Waals surface area contributed by atoms with Crippen molar-refractivity contribution in [3.05, 3.63) is 176 Å². The Morgan fingerprint density at radius 2 is 0.294 bits per heavy atom. The molecule has 6 aromatic carbocycles. The normalized spacial score (nSPS) is 13.8. The average molecular weight is 1710 g/mol. The fraction of sp³-hybridized carbons (Fsp3) is 0.609. The molecule has 0 spiro atoms. The molecule has 2 radical (unpaired) electrons. The predicted molar refractivity (Wildman–Crippen MR) is 420 cm³/mol. The molecule has 0 aliphatic carbocycles. The fourth-order valence-corrected chi connectivity index (χ4v) is 10.5. The average Bonchev–Trinajstić information content (AvgIpc) is 1.24. The molecule has 0 amide bonds. The molecule has 0 N–H and O–H groups in total. The van der Waals surface area contributed by atoms with Crippen LogP contribution in [0.2, 0.25) is 0 Å². The molecule has 0 aromatic heterocycles. The van der Waals surface area contributed by atoms with Crippen molar-refractivity contribution >= 4 is 0 Å². The van der Waals surface area contributed by atoms with E-state index < -0.39 is 0 Å². The van der Waals surface area contributed by atoms with E-state index in [4.69, 9.17) is 9.47 Å². The number of hydrogen-bond donors (Lipinski definition) is 0. The Morgan fingerprint density at radius 1 is 0.186 bits per heavy atom. The van der Waals surface area contributed by atoms with Crippen molar-refractivity contribution in [1.29, 1.82) is 0 Å². The third-order valence-corrected chi connectivity index (χ3v) is 17.6. The second-order valence-electron chi connectivity index (χ2n) is 39.9. The summed E-state index contributed by atoms with van der Waals surface area (Å²) < 4.78 is 9.89. The zero-order chi connectivity index (χ0) is 78.2. The van der Waals surface area contributed by atoms with Gasteiger partial charge < -0.3 is 40.1 Å². The fourth-order valence-electron chi connectivity index (χ4n) is 10.5. The maximum atomic E-state index is 11.7. The van der Waals surface area contributed by atoms with Crippen molar-refractivity contribution in [1.82, 2.24) is 0 Å². The molecule has 6 aromatic rings. The molecule has 582 valence electrons. The minimum absolute atomic E-state index is 0. The van der Waals surface area contributed by atoms with Gasteiger partial charge in [-0.25, -0.2) is 0 Å². The molecular formula is C92H142Er2O8. The van der Waals surface area contributed by atoms with Gasteiger partial charge in [0.25, 0.3) is 0 Å². The Morgan fingerprint density at radius 3 is 0.363 bits per heavy atom. The van der Waals surface area contributed by atoms with Crippen LogP contribution in [0.3, 0.4) is 0 Å². The third kappa shape index (κ3) is 36.0. The van der Waals surface area contributed by atoms with E-state index in [1.807, 2.05) is 36.4 Å². The van der Waals surface area contributed by atoms with Crippen LogP contribution in [0.15, 0.2) is 109 Å². The Hall–Kier alpha value is -3.47. The van der Waals surface area contributed by atoms with Crippen molar-refractivity contribution in [2.45, 2.75) is 340 Å². The van der Waals surface area contributed by atoms with Crippen LogP contribution in [-0.2, 0) is 74.5 Å². The van der Waals surface area contributed by atoms with Gasteiger partial charge in [-0.15, -0.1) is 34.5 Å². The molecule has 10 heteroatoms. The van der Waals surface area contributed by atoms with E-state index in [1.54, 1.807) is 36.4 Å². The Bertz CT molecular complexity index is 2850. The van der Waals surface area contributed by atoms with Gasteiger partial charge in [-0.1, -0.05) is 392 Å². The first-order chi connectivity index (χ1) is 44.7. The van der Waals surface area contributed by atoms with Crippen LogP contribution in [0.4, 0.5) is 0 Å². The van der Waals surface area contributed by atoms with Crippen molar-refractivity contribution in [2.75, 3.05) is 26.4 Å². The van der Waals surface area contributed by atoms with Gasteiger partial charge in [0.2, 0.25) is 0 Å².